The molecule has 0 spiro atoms. The van der Waals surface area contributed by atoms with Gasteiger partial charge in [-0.2, -0.15) is 0 Å². The third-order valence-electron chi connectivity index (χ3n) is 5.54. The number of thiophene rings is 1. The summed E-state index contributed by atoms with van der Waals surface area (Å²) in [6.45, 7) is 5.41. The zero-order chi connectivity index (χ0) is 19.5. The maximum atomic E-state index is 12.7. The van der Waals surface area contributed by atoms with Gasteiger partial charge in [-0.25, -0.2) is 0 Å². The van der Waals surface area contributed by atoms with E-state index in [0.29, 0.717) is 13.0 Å². The quantitative estimate of drug-likeness (QED) is 0.810. The van der Waals surface area contributed by atoms with Crippen LogP contribution in [0.5, 0.6) is 0 Å². The van der Waals surface area contributed by atoms with Crippen molar-refractivity contribution in [1.82, 2.24) is 20.5 Å². The average Bonchev–Trinajstić information content (AvgIpc) is 3.14. The Labute approximate surface area is 169 Å². The number of aromatic nitrogens is 1. The van der Waals surface area contributed by atoms with E-state index in [4.69, 9.17) is 0 Å². The summed E-state index contributed by atoms with van der Waals surface area (Å²) in [6, 6.07) is 3.85. The van der Waals surface area contributed by atoms with Crippen LogP contribution in [0.25, 0.3) is 0 Å². The third kappa shape index (κ3) is 4.10. The molecule has 2 aliphatic heterocycles. The molecule has 0 radical (unpaired) electrons. The molecule has 1 saturated heterocycles. The van der Waals surface area contributed by atoms with Gasteiger partial charge in [0, 0.05) is 42.6 Å². The van der Waals surface area contributed by atoms with Crippen LogP contribution in [0.15, 0.2) is 23.7 Å². The molecule has 1 unspecified atom stereocenters. The molecule has 1 fully saturated rings. The summed E-state index contributed by atoms with van der Waals surface area (Å²) in [4.78, 5) is 32.8. The zero-order valence-corrected chi connectivity index (χ0v) is 17.0. The van der Waals surface area contributed by atoms with Crippen LogP contribution in [0.2, 0.25) is 0 Å². The van der Waals surface area contributed by atoms with Gasteiger partial charge >= 0.3 is 0 Å². The minimum absolute atomic E-state index is 0.0727. The van der Waals surface area contributed by atoms with E-state index >= 15 is 0 Å². The van der Waals surface area contributed by atoms with Crippen LogP contribution < -0.4 is 10.6 Å². The summed E-state index contributed by atoms with van der Waals surface area (Å²) in [5.74, 6) is -0.193. The van der Waals surface area contributed by atoms with Crippen molar-refractivity contribution in [3.8, 4) is 0 Å². The summed E-state index contributed by atoms with van der Waals surface area (Å²) in [5, 5.41) is 7.68. The molecule has 0 bridgehead atoms. The van der Waals surface area contributed by atoms with Crippen molar-refractivity contribution in [2.75, 3.05) is 13.1 Å². The lowest BCUT2D eigenvalue weighted by atomic mass is 10.0. The van der Waals surface area contributed by atoms with Crippen LogP contribution in [0.4, 0.5) is 0 Å². The molecule has 2 aromatic heterocycles. The lowest BCUT2D eigenvalue weighted by Crippen LogP contribution is -2.50. The highest BCUT2D eigenvalue weighted by molar-refractivity contribution is 7.10. The minimum atomic E-state index is -0.408. The number of fused-ring (bicyclic) bond motifs is 1. The van der Waals surface area contributed by atoms with E-state index in [-0.39, 0.29) is 11.8 Å². The Balaban J connectivity index is 1.39. The summed E-state index contributed by atoms with van der Waals surface area (Å²) in [7, 11) is 0. The molecule has 0 aromatic carbocycles. The van der Waals surface area contributed by atoms with Crippen molar-refractivity contribution in [2.45, 2.75) is 51.7 Å². The van der Waals surface area contributed by atoms with Gasteiger partial charge in [-0.05, 0) is 42.9 Å². The highest BCUT2D eigenvalue weighted by atomic mass is 32.1. The molecular weight excluding hydrogens is 372 g/mol. The van der Waals surface area contributed by atoms with E-state index in [2.05, 4.69) is 39.6 Å². The lowest BCUT2D eigenvalue weighted by Gasteiger charge is -2.27. The SMILES string of the molecule is CCc1ccc(CN2CCc3c(C(=O)NC4CCCNC4=O)csc3C2)nc1. The number of nitrogens with one attached hydrogen (secondary N) is 2. The average molecular weight is 399 g/mol. The van der Waals surface area contributed by atoms with E-state index in [1.54, 1.807) is 11.3 Å². The van der Waals surface area contributed by atoms with Crippen molar-refractivity contribution in [1.29, 1.82) is 0 Å². The first-order chi connectivity index (χ1) is 13.6. The molecule has 2 amide bonds. The molecule has 2 N–H and O–H groups in total. The van der Waals surface area contributed by atoms with E-state index in [9.17, 15) is 9.59 Å². The fraction of sp³-hybridized carbons (Fsp3) is 0.476. The van der Waals surface area contributed by atoms with Gasteiger partial charge < -0.3 is 10.6 Å². The van der Waals surface area contributed by atoms with Crippen molar-refractivity contribution < 1.29 is 9.59 Å². The molecule has 0 saturated carbocycles. The Morgan fingerprint density at radius 1 is 1.43 bits per heavy atom. The highest BCUT2D eigenvalue weighted by Gasteiger charge is 2.28. The number of aryl methyl sites for hydroxylation is 1. The van der Waals surface area contributed by atoms with Crippen molar-refractivity contribution in [2.24, 2.45) is 0 Å². The number of carbonyl (C=O) groups excluding carboxylic acids is 2. The largest absolute Gasteiger partial charge is 0.354 e. The second-order valence-corrected chi connectivity index (χ2v) is 8.45. The molecule has 2 aliphatic rings. The summed E-state index contributed by atoms with van der Waals surface area (Å²) < 4.78 is 0. The second-order valence-electron chi connectivity index (χ2n) is 7.48. The molecule has 2 aromatic rings. The number of carbonyl (C=O) groups is 2. The van der Waals surface area contributed by atoms with Crippen LogP contribution >= 0.6 is 11.3 Å². The molecule has 148 valence electrons. The summed E-state index contributed by atoms with van der Waals surface area (Å²) in [5.41, 5.74) is 4.22. The van der Waals surface area contributed by atoms with Crippen LogP contribution in [0, 0.1) is 0 Å². The predicted octanol–water partition coefficient (Wildman–Crippen LogP) is 2.27. The Hall–Kier alpha value is -2.25. The van der Waals surface area contributed by atoms with Crippen LogP contribution in [-0.4, -0.2) is 40.8 Å². The topological polar surface area (TPSA) is 74.3 Å². The number of amides is 2. The number of nitrogens with zero attached hydrogens (tertiary/aromatic N) is 2. The van der Waals surface area contributed by atoms with Gasteiger partial charge in [0.15, 0.2) is 0 Å². The van der Waals surface area contributed by atoms with Crippen molar-refractivity contribution >= 4 is 23.2 Å². The molecule has 1 atom stereocenters. The first-order valence-electron chi connectivity index (χ1n) is 9.98. The molecular formula is C21H26N4O2S. The second kappa shape index (κ2) is 8.41. The van der Waals surface area contributed by atoms with Gasteiger partial charge in [-0.1, -0.05) is 13.0 Å². The first-order valence-corrected chi connectivity index (χ1v) is 10.9. The Bertz CT molecular complexity index is 862. The minimum Gasteiger partial charge on any atom is -0.354 e. The Kier molecular flexibility index (Phi) is 5.73. The van der Waals surface area contributed by atoms with Gasteiger partial charge in [0.1, 0.15) is 6.04 Å². The number of piperidine rings is 1. The number of rotatable bonds is 5. The zero-order valence-electron chi connectivity index (χ0n) is 16.2. The number of hydrogen-bond acceptors (Lipinski definition) is 5. The van der Waals surface area contributed by atoms with Crippen LogP contribution in [-0.2, 0) is 30.7 Å². The monoisotopic (exact) mass is 398 g/mol. The Morgan fingerprint density at radius 2 is 2.32 bits per heavy atom. The number of hydrogen-bond donors (Lipinski definition) is 2. The number of pyridine rings is 1. The van der Waals surface area contributed by atoms with E-state index in [1.807, 2.05) is 11.6 Å². The first kappa shape index (κ1) is 19.1. The maximum Gasteiger partial charge on any atom is 0.253 e. The van der Waals surface area contributed by atoms with Crippen molar-refractivity contribution in [3.05, 3.63) is 51.0 Å². The van der Waals surface area contributed by atoms with E-state index in [1.165, 1.54) is 10.4 Å². The fourth-order valence-corrected chi connectivity index (χ4v) is 4.96. The molecule has 7 heteroatoms. The Morgan fingerprint density at radius 3 is 3.07 bits per heavy atom. The fourth-order valence-electron chi connectivity index (χ4n) is 3.84. The lowest BCUT2D eigenvalue weighted by molar-refractivity contribution is -0.124. The van der Waals surface area contributed by atoms with Gasteiger partial charge in [0.25, 0.3) is 5.91 Å². The molecule has 0 aliphatic carbocycles. The van der Waals surface area contributed by atoms with Gasteiger partial charge in [-0.15, -0.1) is 11.3 Å². The van der Waals surface area contributed by atoms with Gasteiger partial charge in [0.05, 0.1) is 11.3 Å². The molecule has 4 heterocycles. The van der Waals surface area contributed by atoms with Crippen LogP contribution in [0.3, 0.4) is 0 Å². The smallest absolute Gasteiger partial charge is 0.253 e. The normalized spacial score (nSPS) is 19.8. The predicted molar refractivity (Wildman–Crippen MR) is 109 cm³/mol. The standard InChI is InChI=1S/C21H26N4O2S/c1-2-14-5-6-15(23-10-14)11-25-9-7-16-17(13-28-19(16)12-25)20(26)24-18-4-3-8-22-21(18)27/h5-6,10,13,18H,2-4,7-9,11-12H2,1H3,(H,22,27)(H,24,26). The summed E-state index contributed by atoms with van der Waals surface area (Å²) in [6.07, 6.45) is 5.43. The highest BCUT2D eigenvalue weighted by Crippen LogP contribution is 2.29. The van der Waals surface area contributed by atoms with Gasteiger partial charge in [0.2, 0.25) is 5.91 Å². The van der Waals surface area contributed by atoms with E-state index in [0.717, 1.165) is 55.7 Å². The summed E-state index contributed by atoms with van der Waals surface area (Å²) >= 11 is 1.64. The van der Waals surface area contributed by atoms with Crippen molar-refractivity contribution in [3.63, 3.8) is 0 Å². The molecule has 6 nitrogen and oxygen atoms in total. The molecule has 28 heavy (non-hydrogen) atoms. The van der Waals surface area contributed by atoms with Gasteiger partial charge in [-0.3, -0.25) is 19.5 Å². The third-order valence-corrected chi connectivity index (χ3v) is 6.55. The molecule has 4 rings (SSSR count). The maximum absolute atomic E-state index is 12.7. The van der Waals surface area contributed by atoms with E-state index < -0.39 is 6.04 Å². The van der Waals surface area contributed by atoms with Crippen LogP contribution in [0.1, 0.15) is 51.8 Å².